The van der Waals surface area contributed by atoms with Gasteiger partial charge in [0.15, 0.2) is 5.78 Å². The highest BCUT2D eigenvalue weighted by Crippen LogP contribution is 2.28. The van der Waals surface area contributed by atoms with Gasteiger partial charge in [0.1, 0.15) is 0 Å². The largest absolute Gasteiger partial charge is 0.483 e. The highest BCUT2D eigenvalue weighted by atomic mass is 16.3. The molecular weight excluding hydrogens is 402 g/mol. The number of aliphatic hydroxyl groups excluding tert-OH is 1. The van der Waals surface area contributed by atoms with Crippen molar-refractivity contribution in [1.82, 2.24) is 15.2 Å². The molecule has 1 saturated carbocycles. The molecule has 0 unspecified atom stereocenters. The van der Waals surface area contributed by atoms with Crippen molar-refractivity contribution in [1.29, 1.82) is 0 Å². The van der Waals surface area contributed by atoms with Crippen molar-refractivity contribution in [2.75, 3.05) is 13.1 Å². The number of Topliss-reactive ketones (excluding diaryl/α,β-unsaturated/α-hetero) is 1. The first-order chi connectivity index (χ1) is 14.7. The minimum Gasteiger partial charge on any atom is -0.483 e. The fourth-order valence-electron chi connectivity index (χ4n) is 4.53. The van der Waals surface area contributed by atoms with E-state index in [1.54, 1.807) is 13.8 Å². The lowest BCUT2D eigenvalue weighted by Crippen LogP contribution is -2.45. The first kappa shape index (κ1) is 24.6. The number of aliphatic hydroxyl groups is 1. The van der Waals surface area contributed by atoms with E-state index in [2.05, 4.69) is 10.3 Å². The number of rotatable bonds is 4. The standard InChI is InChI=1S/C21H31N3O4.CH2O2/c1-12-18(13(2)22-19(12)14(3)25)20(27)23-16-6-4-15(5-7-16)21(28)24-10-8-17(26)9-11-24;2-1-3/h15-17,22,26H,4-11H2,1-3H3,(H,23,27);1H,(H,2,3). The average molecular weight is 436 g/mol. The lowest BCUT2D eigenvalue weighted by molar-refractivity contribution is -0.138. The molecule has 9 nitrogen and oxygen atoms in total. The summed E-state index contributed by atoms with van der Waals surface area (Å²) in [6.07, 6.45) is 4.14. The number of carboxylic acid groups (broad SMARTS) is 1. The summed E-state index contributed by atoms with van der Waals surface area (Å²) in [5.74, 6) is -0.0222. The lowest BCUT2D eigenvalue weighted by atomic mass is 9.84. The number of ketones is 1. The van der Waals surface area contributed by atoms with E-state index >= 15 is 0 Å². The van der Waals surface area contributed by atoms with Gasteiger partial charge in [-0.3, -0.25) is 19.2 Å². The van der Waals surface area contributed by atoms with Crippen LogP contribution >= 0.6 is 0 Å². The van der Waals surface area contributed by atoms with Gasteiger partial charge in [0.25, 0.3) is 12.4 Å². The number of aromatic nitrogens is 1. The third kappa shape index (κ3) is 6.16. The molecule has 9 heteroatoms. The molecule has 0 bridgehead atoms. The molecule has 4 N–H and O–H groups in total. The Morgan fingerprint density at radius 1 is 1.06 bits per heavy atom. The average Bonchev–Trinajstić information content (AvgIpc) is 3.03. The number of nitrogens with zero attached hydrogens (tertiary/aromatic N) is 1. The molecule has 1 aliphatic carbocycles. The van der Waals surface area contributed by atoms with Crippen molar-refractivity contribution in [2.45, 2.75) is 71.4 Å². The van der Waals surface area contributed by atoms with Crippen LogP contribution in [-0.4, -0.2) is 69.4 Å². The van der Waals surface area contributed by atoms with E-state index < -0.39 is 0 Å². The molecule has 1 saturated heterocycles. The maximum absolute atomic E-state index is 12.7. The van der Waals surface area contributed by atoms with E-state index in [-0.39, 0.29) is 42.1 Å². The summed E-state index contributed by atoms with van der Waals surface area (Å²) in [7, 11) is 0. The maximum atomic E-state index is 12.7. The molecule has 1 aliphatic heterocycles. The molecular formula is C22H33N3O6. The highest BCUT2D eigenvalue weighted by Gasteiger charge is 2.32. The molecule has 0 atom stereocenters. The Morgan fingerprint density at radius 2 is 1.61 bits per heavy atom. The van der Waals surface area contributed by atoms with Gasteiger partial charge >= 0.3 is 0 Å². The van der Waals surface area contributed by atoms with Gasteiger partial charge in [-0.2, -0.15) is 0 Å². The van der Waals surface area contributed by atoms with Crippen LogP contribution in [0, 0.1) is 19.8 Å². The van der Waals surface area contributed by atoms with E-state index in [1.807, 2.05) is 4.90 Å². The summed E-state index contributed by atoms with van der Waals surface area (Å²) in [6.45, 7) is 6.11. The van der Waals surface area contributed by atoms with Crippen LogP contribution in [0.4, 0.5) is 0 Å². The summed E-state index contributed by atoms with van der Waals surface area (Å²) < 4.78 is 0. The molecule has 2 aliphatic rings. The maximum Gasteiger partial charge on any atom is 0.290 e. The van der Waals surface area contributed by atoms with E-state index in [0.29, 0.717) is 48.4 Å². The van der Waals surface area contributed by atoms with Gasteiger partial charge in [-0.15, -0.1) is 0 Å². The topological polar surface area (TPSA) is 140 Å². The third-order valence-electron chi connectivity index (χ3n) is 6.20. The Labute approximate surface area is 182 Å². The van der Waals surface area contributed by atoms with Crippen molar-refractivity contribution >= 4 is 24.1 Å². The van der Waals surface area contributed by atoms with Gasteiger partial charge < -0.3 is 25.4 Å². The Morgan fingerprint density at radius 3 is 2.10 bits per heavy atom. The SMILES string of the molecule is CC(=O)c1[nH]c(C)c(C(=O)NC2CCC(C(=O)N3CCC(O)CC3)CC2)c1C.O=CO. The quantitative estimate of drug-likeness (QED) is 0.420. The molecule has 2 fully saturated rings. The van der Waals surface area contributed by atoms with Crippen molar-refractivity contribution in [3.05, 3.63) is 22.5 Å². The molecule has 3 rings (SSSR count). The predicted octanol–water partition coefficient (Wildman–Crippen LogP) is 1.81. The molecule has 172 valence electrons. The number of carbonyl (C=O) groups is 4. The summed E-state index contributed by atoms with van der Waals surface area (Å²) in [4.78, 5) is 50.4. The summed E-state index contributed by atoms with van der Waals surface area (Å²) >= 11 is 0. The number of carbonyl (C=O) groups excluding carboxylic acids is 3. The van der Waals surface area contributed by atoms with Gasteiger partial charge in [0.2, 0.25) is 5.91 Å². The number of amides is 2. The van der Waals surface area contributed by atoms with Crippen LogP contribution < -0.4 is 5.32 Å². The number of hydrogen-bond acceptors (Lipinski definition) is 5. The summed E-state index contributed by atoms with van der Waals surface area (Å²) in [6, 6.07) is 0.0502. The number of H-pyrrole nitrogens is 1. The number of piperidine rings is 1. The van der Waals surface area contributed by atoms with Crippen LogP contribution in [0.3, 0.4) is 0 Å². The minimum atomic E-state index is -0.279. The van der Waals surface area contributed by atoms with Gasteiger partial charge in [0.05, 0.1) is 17.4 Å². The van der Waals surface area contributed by atoms with Crippen LogP contribution in [0.5, 0.6) is 0 Å². The van der Waals surface area contributed by atoms with Gasteiger partial charge in [0, 0.05) is 37.7 Å². The van der Waals surface area contributed by atoms with Crippen LogP contribution in [-0.2, 0) is 9.59 Å². The second-order valence-corrected chi connectivity index (χ2v) is 8.37. The van der Waals surface area contributed by atoms with Crippen LogP contribution in [0.1, 0.15) is 77.6 Å². The van der Waals surface area contributed by atoms with E-state index in [4.69, 9.17) is 9.90 Å². The minimum absolute atomic E-state index is 0.0171. The molecule has 1 aromatic heterocycles. The fraction of sp³-hybridized carbons (Fsp3) is 0.636. The number of aromatic amines is 1. The number of aryl methyl sites for hydroxylation is 1. The number of nitrogens with one attached hydrogen (secondary N) is 2. The van der Waals surface area contributed by atoms with Crippen molar-refractivity contribution in [3.63, 3.8) is 0 Å². The molecule has 0 aromatic carbocycles. The lowest BCUT2D eigenvalue weighted by Gasteiger charge is -2.35. The normalized spacial score (nSPS) is 21.6. The molecule has 1 aromatic rings. The molecule has 2 amide bonds. The van der Waals surface area contributed by atoms with Crippen molar-refractivity contribution in [2.24, 2.45) is 5.92 Å². The highest BCUT2D eigenvalue weighted by molar-refractivity contribution is 6.02. The van der Waals surface area contributed by atoms with Gasteiger partial charge in [-0.1, -0.05) is 0 Å². The second kappa shape index (κ2) is 11.1. The summed E-state index contributed by atoms with van der Waals surface area (Å²) in [5.41, 5.74) is 2.44. The van der Waals surface area contributed by atoms with Crippen molar-refractivity contribution < 1.29 is 29.4 Å². The fourth-order valence-corrected chi connectivity index (χ4v) is 4.53. The predicted molar refractivity (Wildman–Crippen MR) is 114 cm³/mol. The number of hydrogen-bond donors (Lipinski definition) is 4. The molecule has 0 spiro atoms. The molecule has 2 heterocycles. The van der Waals surface area contributed by atoms with E-state index in [0.717, 1.165) is 25.7 Å². The van der Waals surface area contributed by atoms with Crippen molar-refractivity contribution in [3.8, 4) is 0 Å². The molecule has 31 heavy (non-hydrogen) atoms. The zero-order chi connectivity index (χ0) is 23.1. The van der Waals surface area contributed by atoms with E-state index in [9.17, 15) is 19.5 Å². The Bertz CT molecular complexity index is 802. The zero-order valence-electron chi connectivity index (χ0n) is 18.4. The molecule has 0 radical (unpaired) electrons. The number of likely N-dealkylation sites (tertiary alicyclic amines) is 1. The van der Waals surface area contributed by atoms with Gasteiger partial charge in [-0.25, -0.2) is 0 Å². The smallest absolute Gasteiger partial charge is 0.290 e. The second-order valence-electron chi connectivity index (χ2n) is 8.37. The monoisotopic (exact) mass is 435 g/mol. The third-order valence-corrected chi connectivity index (χ3v) is 6.20. The first-order valence-corrected chi connectivity index (χ1v) is 10.7. The van der Waals surface area contributed by atoms with E-state index in [1.165, 1.54) is 6.92 Å². The zero-order valence-corrected chi connectivity index (χ0v) is 18.4. The van der Waals surface area contributed by atoms with Crippen LogP contribution in [0.15, 0.2) is 0 Å². The van der Waals surface area contributed by atoms with Gasteiger partial charge in [-0.05, 0) is 57.9 Å². The first-order valence-electron chi connectivity index (χ1n) is 10.7. The van der Waals surface area contributed by atoms with Crippen LogP contribution in [0.2, 0.25) is 0 Å². The van der Waals surface area contributed by atoms with Crippen LogP contribution in [0.25, 0.3) is 0 Å². The Hall–Kier alpha value is -2.68. The summed E-state index contributed by atoms with van der Waals surface area (Å²) in [5, 5.41) is 19.6. The Kier molecular flexibility index (Phi) is 8.79. The Balaban J connectivity index is 0.00000107.